The molecule has 2 aromatic heterocycles. The zero-order valence-electron chi connectivity index (χ0n) is 8.33. The van der Waals surface area contributed by atoms with Gasteiger partial charge < -0.3 is 14.8 Å². The highest BCUT2D eigenvalue weighted by molar-refractivity contribution is 5.85. The molecule has 0 radical (unpaired) electrons. The van der Waals surface area contributed by atoms with E-state index in [9.17, 15) is 4.79 Å². The molecular formula is C9H10N4O3. The van der Waals surface area contributed by atoms with E-state index in [1.54, 1.807) is 10.9 Å². The Balaban J connectivity index is 1.83. The fraction of sp³-hybridized carbons (Fsp3) is 0.222. The van der Waals surface area contributed by atoms with Gasteiger partial charge in [-0.1, -0.05) is 0 Å². The van der Waals surface area contributed by atoms with Crippen LogP contribution in [0.2, 0.25) is 0 Å². The summed E-state index contributed by atoms with van der Waals surface area (Å²) in [6.45, 7) is 1.21. The zero-order chi connectivity index (χ0) is 11.4. The van der Waals surface area contributed by atoms with Crippen molar-refractivity contribution in [1.82, 2.24) is 14.8 Å². The van der Waals surface area contributed by atoms with Crippen LogP contribution in [0.15, 0.2) is 29.1 Å². The van der Waals surface area contributed by atoms with Gasteiger partial charge in [-0.25, -0.2) is 4.79 Å². The number of hydrogen-bond acceptors (Lipinski definition) is 5. The molecule has 0 saturated carbocycles. The Morgan fingerprint density at radius 3 is 3.12 bits per heavy atom. The first kappa shape index (κ1) is 10.2. The second-order valence-electron chi connectivity index (χ2n) is 3.04. The molecular weight excluding hydrogens is 212 g/mol. The molecule has 0 aromatic carbocycles. The van der Waals surface area contributed by atoms with Crippen LogP contribution in [0.3, 0.4) is 0 Å². The average molecular weight is 222 g/mol. The summed E-state index contributed by atoms with van der Waals surface area (Å²) in [6, 6.07) is 2.03. The van der Waals surface area contributed by atoms with Crippen molar-refractivity contribution in [3.63, 3.8) is 0 Å². The first-order valence-corrected chi connectivity index (χ1v) is 4.66. The third-order valence-corrected chi connectivity index (χ3v) is 1.90. The summed E-state index contributed by atoms with van der Waals surface area (Å²) in [5, 5.41) is 15.5. The van der Waals surface area contributed by atoms with Crippen LogP contribution in [-0.2, 0) is 6.54 Å². The van der Waals surface area contributed by atoms with Crippen LogP contribution in [-0.4, -0.2) is 32.4 Å². The molecule has 7 heteroatoms. The minimum Gasteiger partial charge on any atom is -0.476 e. The number of anilines is 1. The lowest BCUT2D eigenvalue weighted by Gasteiger charge is -2.01. The summed E-state index contributed by atoms with van der Waals surface area (Å²) in [6.07, 6.45) is 4.62. The van der Waals surface area contributed by atoms with Crippen molar-refractivity contribution in [2.75, 3.05) is 11.9 Å². The van der Waals surface area contributed by atoms with Gasteiger partial charge in [0.05, 0.1) is 6.54 Å². The quantitative estimate of drug-likeness (QED) is 0.772. The van der Waals surface area contributed by atoms with Gasteiger partial charge in [0, 0.05) is 18.9 Å². The number of aromatic nitrogens is 3. The van der Waals surface area contributed by atoms with E-state index in [1.807, 2.05) is 12.3 Å². The summed E-state index contributed by atoms with van der Waals surface area (Å²) in [5.41, 5.74) is -0.110. The van der Waals surface area contributed by atoms with Crippen LogP contribution < -0.4 is 5.32 Å². The molecule has 0 unspecified atom stereocenters. The van der Waals surface area contributed by atoms with Crippen molar-refractivity contribution >= 4 is 12.0 Å². The van der Waals surface area contributed by atoms with E-state index in [4.69, 9.17) is 9.52 Å². The number of oxazole rings is 1. The van der Waals surface area contributed by atoms with Crippen LogP contribution in [0.1, 0.15) is 10.5 Å². The number of nitrogens with zero attached hydrogens (tertiary/aromatic N) is 3. The summed E-state index contributed by atoms with van der Waals surface area (Å²) in [4.78, 5) is 14.2. The van der Waals surface area contributed by atoms with Crippen LogP contribution in [0, 0.1) is 0 Å². The van der Waals surface area contributed by atoms with Crippen molar-refractivity contribution in [3.05, 3.63) is 30.4 Å². The molecule has 0 aliphatic carbocycles. The maximum absolute atomic E-state index is 10.5. The molecule has 0 amide bonds. The van der Waals surface area contributed by atoms with Crippen molar-refractivity contribution in [2.45, 2.75) is 6.54 Å². The SMILES string of the molecule is O=C(O)c1coc(NCCn2cccn2)n1. The molecule has 0 aliphatic heterocycles. The van der Waals surface area contributed by atoms with E-state index in [2.05, 4.69) is 15.4 Å². The highest BCUT2D eigenvalue weighted by Gasteiger charge is 2.09. The van der Waals surface area contributed by atoms with E-state index in [1.165, 1.54) is 0 Å². The standard InChI is InChI=1S/C9H10N4O3/c14-8(15)7-6-16-9(12-7)10-3-5-13-4-1-2-11-13/h1-2,4,6H,3,5H2,(H,10,12)(H,14,15). The van der Waals surface area contributed by atoms with E-state index in [0.29, 0.717) is 13.1 Å². The largest absolute Gasteiger partial charge is 0.476 e. The second kappa shape index (κ2) is 4.47. The molecule has 2 aromatic rings. The fourth-order valence-corrected chi connectivity index (χ4v) is 1.16. The Kier molecular flexibility index (Phi) is 2.86. The van der Waals surface area contributed by atoms with Crippen molar-refractivity contribution < 1.29 is 14.3 Å². The molecule has 0 saturated heterocycles. The van der Waals surface area contributed by atoms with Gasteiger partial charge in [-0.05, 0) is 6.07 Å². The molecule has 16 heavy (non-hydrogen) atoms. The number of carboxylic acids is 1. The first-order valence-electron chi connectivity index (χ1n) is 4.66. The fourth-order valence-electron chi connectivity index (χ4n) is 1.16. The Labute approximate surface area is 90.7 Å². The van der Waals surface area contributed by atoms with Crippen molar-refractivity contribution in [1.29, 1.82) is 0 Å². The number of hydrogen-bond donors (Lipinski definition) is 2. The summed E-state index contributed by atoms with van der Waals surface area (Å²) >= 11 is 0. The monoisotopic (exact) mass is 222 g/mol. The summed E-state index contributed by atoms with van der Waals surface area (Å²) in [7, 11) is 0. The van der Waals surface area contributed by atoms with E-state index in [-0.39, 0.29) is 11.7 Å². The second-order valence-corrected chi connectivity index (χ2v) is 3.04. The van der Waals surface area contributed by atoms with Crippen LogP contribution in [0.4, 0.5) is 6.01 Å². The Morgan fingerprint density at radius 2 is 2.50 bits per heavy atom. The van der Waals surface area contributed by atoms with Gasteiger partial charge in [-0.3, -0.25) is 4.68 Å². The highest BCUT2D eigenvalue weighted by atomic mass is 16.4. The molecule has 7 nitrogen and oxygen atoms in total. The third-order valence-electron chi connectivity index (χ3n) is 1.90. The smallest absolute Gasteiger partial charge is 0.357 e. The van der Waals surface area contributed by atoms with Crippen LogP contribution >= 0.6 is 0 Å². The topological polar surface area (TPSA) is 93.2 Å². The van der Waals surface area contributed by atoms with Crippen LogP contribution in [0.5, 0.6) is 0 Å². The number of carbonyl (C=O) groups is 1. The molecule has 2 heterocycles. The van der Waals surface area contributed by atoms with Gasteiger partial charge in [0.25, 0.3) is 6.01 Å². The molecule has 0 spiro atoms. The average Bonchev–Trinajstić information content (AvgIpc) is 2.87. The van der Waals surface area contributed by atoms with Gasteiger partial charge in [-0.2, -0.15) is 10.1 Å². The maximum Gasteiger partial charge on any atom is 0.357 e. The van der Waals surface area contributed by atoms with Crippen LogP contribution in [0.25, 0.3) is 0 Å². The van der Waals surface area contributed by atoms with E-state index in [0.717, 1.165) is 6.26 Å². The zero-order valence-corrected chi connectivity index (χ0v) is 8.33. The molecule has 2 rings (SSSR count). The normalized spacial score (nSPS) is 10.2. The van der Waals surface area contributed by atoms with Gasteiger partial charge in [0.15, 0.2) is 5.69 Å². The Morgan fingerprint density at radius 1 is 1.62 bits per heavy atom. The molecule has 0 aliphatic rings. The van der Waals surface area contributed by atoms with Gasteiger partial charge in [0.1, 0.15) is 6.26 Å². The third kappa shape index (κ3) is 2.38. The van der Waals surface area contributed by atoms with Crippen molar-refractivity contribution in [3.8, 4) is 0 Å². The predicted octanol–water partition coefficient (Wildman–Crippen LogP) is 0.681. The molecule has 84 valence electrons. The number of aromatic carboxylic acids is 1. The van der Waals surface area contributed by atoms with E-state index < -0.39 is 5.97 Å². The van der Waals surface area contributed by atoms with Gasteiger partial charge in [-0.15, -0.1) is 0 Å². The summed E-state index contributed by atoms with van der Waals surface area (Å²) < 4.78 is 6.66. The molecule has 0 bridgehead atoms. The maximum atomic E-state index is 10.5. The molecule has 0 atom stereocenters. The van der Waals surface area contributed by atoms with Gasteiger partial charge >= 0.3 is 5.97 Å². The first-order chi connectivity index (χ1) is 7.75. The van der Waals surface area contributed by atoms with E-state index >= 15 is 0 Å². The van der Waals surface area contributed by atoms with Crippen molar-refractivity contribution in [2.24, 2.45) is 0 Å². The lowest BCUT2D eigenvalue weighted by molar-refractivity contribution is 0.0690. The lowest BCUT2D eigenvalue weighted by Crippen LogP contribution is -2.11. The number of carboxylic acid groups (broad SMARTS) is 1. The number of rotatable bonds is 5. The minimum absolute atomic E-state index is 0.110. The molecule has 2 N–H and O–H groups in total. The van der Waals surface area contributed by atoms with Gasteiger partial charge in [0.2, 0.25) is 0 Å². The molecule has 0 fully saturated rings. The summed E-state index contributed by atoms with van der Waals surface area (Å²) in [5.74, 6) is -1.11. The Bertz CT molecular complexity index is 463. The highest BCUT2D eigenvalue weighted by Crippen LogP contribution is 2.06. The lowest BCUT2D eigenvalue weighted by atomic mass is 10.5. The number of nitrogens with one attached hydrogen (secondary N) is 1. The Hall–Kier alpha value is -2.31. The predicted molar refractivity (Wildman–Crippen MR) is 54.2 cm³/mol. The minimum atomic E-state index is -1.11.